The Hall–Kier alpha value is -2.74. The Morgan fingerprint density at radius 3 is 2.77 bits per heavy atom. The number of aryl methyl sites for hydroxylation is 1. The van der Waals surface area contributed by atoms with Crippen LogP contribution in [-0.2, 0) is 16.6 Å². The Bertz CT molecular complexity index is 835. The van der Waals surface area contributed by atoms with Crippen LogP contribution >= 0.6 is 0 Å². The van der Waals surface area contributed by atoms with Crippen molar-refractivity contribution in [1.29, 1.82) is 0 Å². The van der Waals surface area contributed by atoms with Gasteiger partial charge in [-0.1, -0.05) is 12.1 Å². The molecule has 2 fully saturated rings. The first kappa shape index (κ1) is 16.7. The molecule has 0 aliphatic carbocycles. The minimum atomic E-state index is -0.341. The molecule has 2 aliphatic rings. The highest BCUT2D eigenvalue weighted by Gasteiger charge is 2.47. The predicted octanol–water partition coefficient (Wildman–Crippen LogP) is 0.682. The summed E-state index contributed by atoms with van der Waals surface area (Å²) in [6.07, 6.45) is 1.37. The van der Waals surface area contributed by atoms with E-state index in [1.807, 2.05) is 0 Å². The molecule has 136 valence electrons. The van der Waals surface area contributed by atoms with Crippen LogP contribution in [0.2, 0.25) is 0 Å². The SMILES string of the molecule is Cn1ccc(C(=O)N2C[C@H](c3ccc(F)cc3)[C@H]3OCC(=O)NC[C@H]32)n1. The molecule has 8 heteroatoms. The summed E-state index contributed by atoms with van der Waals surface area (Å²) in [5.41, 5.74) is 1.23. The van der Waals surface area contributed by atoms with E-state index in [-0.39, 0.29) is 42.3 Å². The number of hydrogen-bond donors (Lipinski definition) is 1. The molecular formula is C18H19FN4O3. The number of benzene rings is 1. The highest BCUT2D eigenvalue weighted by atomic mass is 19.1. The third-order valence-electron chi connectivity index (χ3n) is 4.98. The molecule has 0 bridgehead atoms. The molecule has 0 unspecified atom stereocenters. The summed E-state index contributed by atoms with van der Waals surface area (Å²) < 4.78 is 20.7. The zero-order valence-electron chi connectivity index (χ0n) is 14.3. The maximum Gasteiger partial charge on any atom is 0.274 e. The van der Waals surface area contributed by atoms with E-state index in [1.54, 1.807) is 41.0 Å². The van der Waals surface area contributed by atoms with E-state index < -0.39 is 0 Å². The number of carbonyl (C=O) groups is 2. The van der Waals surface area contributed by atoms with Gasteiger partial charge in [0.25, 0.3) is 5.91 Å². The Morgan fingerprint density at radius 2 is 2.08 bits per heavy atom. The summed E-state index contributed by atoms with van der Waals surface area (Å²) >= 11 is 0. The number of aromatic nitrogens is 2. The van der Waals surface area contributed by atoms with E-state index in [4.69, 9.17) is 4.74 Å². The molecule has 0 saturated carbocycles. The second kappa shape index (κ2) is 6.53. The number of carbonyl (C=O) groups excluding carboxylic acids is 2. The molecule has 0 radical (unpaired) electrons. The molecule has 2 saturated heterocycles. The summed E-state index contributed by atoms with van der Waals surface area (Å²) in [5, 5.41) is 6.98. The van der Waals surface area contributed by atoms with Crippen molar-refractivity contribution in [3.05, 3.63) is 53.6 Å². The van der Waals surface area contributed by atoms with Gasteiger partial charge in [0.1, 0.15) is 18.1 Å². The molecule has 1 aromatic carbocycles. The van der Waals surface area contributed by atoms with Crippen molar-refractivity contribution < 1.29 is 18.7 Å². The third kappa shape index (κ3) is 2.96. The van der Waals surface area contributed by atoms with Crippen LogP contribution in [0.25, 0.3) is 0 Å². The molecule has 3 heterocycles. The van der Waals surface area contributed by atoms with Crippen molar-refractivity contribution in [2.24, 2.45) is 7.05 Å². The van der Waals surface area contributed by atoms with Crippen LogP contribution in [0.15, 0.2) is 36.5 Å². The minimum Gasteiger partial charge on any atom is -0.365 e. The molecule has 2 amide bonds. The lowest BCUT2D eigenvalue weighted by Crippen LogP contribution is -2.45. The summed E-state index contributed by atoms with van der Waals surface area (Å²) in [7, 11) is 1.75. The van der Waals surface area contributed by atoms with Gasteiger partial charge in [-0.15, -0.1) is 0 Å². The number of halogens is 1. The number of rotatable bonds is 2. The van der Waals surface area contributed by atoms with Crippen molar-refractivity contribution in [3.63, 3.8) is 0 Å². The minimum absolute atomic E-state index is 0.0511. The Morgan fingerprint density at radius 1 is 1.31 bits per heavy atom. The van der Waals surface area contributed by atoms with Crippen LogP contribution in [0.3, 0.4) is 0 Å². The van der Waals surface area contributed by atoms with Crippen LogP contribution < -0.4 is 5.32 Å². The second-order valence-electron chi connectivity index (χ2n) is 6.64. The second-order valence-corrected chi connectivity index (χ2v) is 6.64. The molecule has 2 aromatic rings. The van der Waals surface area contributed by atoms with Gasteiger partial charge in [0, 0.05) is 32.3 Å². The lowest BCUT2D eigenvalue weighted by Gasteiger charge is -2.25. The van der Waals surface area contributed by atoms with Gasteiger partial charge in [0.15, 0.2) is 0 Å². The van der Waals surface area contributed by atoms with Crippen molar-refractivity contribution in [1.82, 2.24) is 20.0 Å². The lowest BCUT2D eigenvalue weighted by atomic mass is 9.93. The van der Waals surface area contributed by atoms with Gasteiger partial charge in [-0.2, -0.15) is 5.10 Å². The zero-order valence-corrected chi connectivity index (χ0v) is 14.3. The molecule has 1 aromatic heterocycles. The van der Waals surface area contributed by atoms with Crippen LogP contribution in [0.5, 0.6) is 0 Å². The summed E-state index contributed by atoms with van der Waals surface area (Å²) in [6, 6.07) is 7.57. The molecule has 7 nitrogen and oxygen atoms in total. The van der Waals surface area contributed by atoms with Gasteiger partial charge in [-0.3, -0.25) is 14.3 Å². The molecule has 4 rings (SSSR count). The Balaban J connectivity index is 1.67. The topological polar surface area (TPSA) is 76.5 Å². The van der Waals surface area contributed by atoms with Gasteiger partial charge in [0.05, 0.1) is 12.1 Å². The normalized spacial score (nSPS) is 25.5. The monoisotopic (exact) mass is 358 g/mol. The van der Waals surface area contributed by atoms with Gasteiger partial charge < -0.3 is 15.0 Å². The van der Waals surface area contributed by atoms with E-state index in [2.05, 4.69) is 10.4 Å². The van der Waals surface area contributed by atoms with E-state index >= 15 is 0 Å². The fraction of sp³-hybridized carbons (Fsp3) is 0.389. The maximum absolute atomic E-state index is 13.3. The zero-order chi connectivity index (χ0) is 18.3. The third-order valence-corrected chi connectivity index (χ3v) is 4.98. The molecule has 1 N–H and O–H groups in total. The lowest BCUT2D eigenvalue weighted by molar-refractivity contribution is -0.125. The number of ether oxygens (including phenoxy) is 1. The van der Waals surface area contributed by atoms with Crippen LogP contribution in [-0.4, -0.2) is 58.3 Å². The molecule has 26 heavy (non-hydrogen) atoms. The highest BCUT2D eigenvalue weighted by Crippen LogP contribution is 2.35. The number of amides is 2. The van der Waals surface area contributed by atoms with Gasteiger partial charge in [-0.05, 0) is 23.8 Å². The average Bonchev–Trinajstić information content (AvgIpc) is 3.16. The quantitative estimate of drug-likeness (QED) is 0.857. The van der Waals surface area contributed by atoms with Crippen molar-refractivity contribution in [3.8, 4) is 0 Å². The first-order chi connectivity index (χ1) is 12.5. The maximum atomic E-state index is 13.3. The number of nitrogens with one attached hydrogen (secondary N) is 1. The van der Waals surface area contributed by atoms with Crippen molar-refractivity contribution in [2.45, 2.75) is 18.1 Å². The molecule has 2 aliphatic heterocycles. The van der Waals surface area contributed by atoms with Crippen LogP contribution in [0.1, 0.15) is 22.0 Å². The van der Waals surface area contributed by atoms with E-state index in [0.29, 0.717) is 18.8 Å². The predicted molar refractivity (Wildman–Crippen MR) is 89.9 cm³/mol. The fourth-order valence-electron chi connectivity index (χ4n) is 3.71. The Labute approximate surface area is 149 Å². The van der Waals surface area contributed by atoms with Crippen molar-refractivity contribution in [2.75, 3.05) is 19.7 Å². The molecule has 3 atom stereocenters. The number of likely N-dealkylation sites (tertiary alicyclic amines) is 1. The average molecular weight is 358 g/mol. The van der Waals surface area contributed by atoms with Gasteiger partial charge >= 0.3 is 0 Å². The number of hydrogen-bond acceptors (Lipinski definition) is 4. The number of fused-ring (bicyclic) bond motifs is 1. The smallest absolute Gasteiger partial charge is 0.274 e. The van der Waals surface area contributed by atoms with Crippen LogP contribution in [0, 0.1) is 5.82 Å². The molecular weight excluding hydrogens is 339 g/mol. The van der Waals surface area contributed by atoms with E-state index in [0.717, 1.165) is 5.56 Å². The van der Waals surface area contributed by atoms with Crippen molar-refractivity contribution >= 4 is 11.8 Å². The summed E-state index contributed by atoms with van der Waals surface area (Å²) in [4.78, 5) is 26.4. The van der Waals surface area contributed by atoms with Gasteiger partial charge in [0.2, 0.25) is 5.91 Å². The summed E-state index contributed by atoms with van der Waals surface area (Å²) in [5.74, 6) is -0.864. The highest BCUT2D eigenvalue weighted by molar-refractivity contribution is 5.93. The largest absolute Gasteiger partial charge is 0.365 e. The number of nitrogens with zero attached hydrogens (tertiary/aromatic N) is 3. The first-order valence-corrected chi connectivity index (χ1v) is 8.47. The summed E-state index contributed by atoms with van der Waals surface area (Å²) in [6.45, 7) is 0.691. The Kier molecular flexibility index (Phi) is 4.20. The van der Waals surface area contributed by atoms with E-state index in [1.165, 1.54) is 12.1 Å². The first-order valence-electron chi connectivity index (χ1n) is 8.47. The van der Waals surface area contributed by atoms with Gasteiger partial charge in [-0.25, -0.2) is 4.39 Å². The fourth-order valence-corrected chi connectivity index (χ4v) is 3.71. The standard InChI is InChI=1S/C18H19FN4O3/c1-22-7-6-14(21-22)18(25)23-9-13(11-2-4-12(19)5-3-11)17-15(23)8-20-16(24)10-26-17/h2-7,13,15,17H,8-10H2,1H3,(H,20,24)/t13-,15-,17-/m1/s1. The van der Waals surface area contributed by atoms with Crippen LogP contribution in [0.4, 0.5) is 4.39 Å². The van der Waals surface area contributed by atoms with E-state index in [9.17, 15) is 14.0 Å². The molecule has 0 spiro atoms.